The fourth-order valence-electron chi connectivity index (χ4n) is 3.43. The summed E-state index contributed by atoms with van der Waals surface area (Å²) in [5, 5.41) is 4.30. The van der Waals surface area contributed by atoms with Gasteiger partial charge in [-0.05, 0) is 37.5 Å². The normalized spacial score (nSPS) is 11.5. The number of H-pyrrole nitrogens is 1. The zero-order valence-corrected chi connectivity index (χ0v) is 17.9. The monoisotopic (exact) mass is 416 g/mol. The summed E-state index contributed by atoms with van der Waals surface area (Å²) in [5.41, 5.74) is 7.95. The van der Waals surface area contributed by atoms with Crippen LogP contribution in [0.5, 0.6) is 0 Å². The zero-order chi connectivity index (χ0) is 22.1. The van der Waals surface area contributed by atoms with Crippen molar-refractivity contribution in [3.63, 3.8) is 0 Å². The van der Waals surface area contributed by atoms with Crippen LogP contribution in [0.15, 0.2) is 57.2 Å². The quantitative estimate of drug-likeness (QED) is 0.386. The number of imidazole rings is 1. The molecule has 2 N–H and O–H groups in total. The van der Waals surface area contributed by atoms with Crippen molar-refractivity contribution in [2.24, 2.45) is 12.1 Å². The lowest BCUT2D eigenvalue weighted by atomic mass is 10.1. The first-order chi connectivity index (χ1) is 14.8. The van der Waals surface area contributed by atoms with Crippen LogP contribution in [-0.2, 0) is 13.6 Å². The van der Waals surface area contributed by atoms with E-state index in [1.807, 2.05) is 57.2 Å². The SMILES string of the molecule is Cc1ccc(/C=N\Nc2nc3c(c(=O)[nH]c(=O)n3C)n2Cc2cc(C)ccc2C)cc1. The van der Waals surface area contributed by atoms with Gasteiger partial charge in [0.1, 0.15) is 0 Å². The van der Waals surface area contributed by atoms with Crippen LogP contribution in [0.1, 0.15) is 27.8 Å². The Morgan fingerprint density at radius 3 is 2.52 bits per heavy atom. The minimum Gasteiger partial charge on any atom is -0.298 e. The van der Waals surface area contributed by atoms with Gasteiger partial charge in [0.15, 0.2) is 11.2 Å². The molecule has 0 fully saturated rings. The van der Waals surface area contributed by atoms with E-state index >= 15 is 0 Å². The number of nitrogens with zero attached hydrogens (tertiary/aromatic N) is 4. The average Bonchev–Trinajstić information content (AvgIpc) is 3.09. The number of hydrogen-bond donors (Lipinski definition) is 2. The van der Waals surface area contributed by atoms with Gasteiger partial charge >= 0.3 is 5.69 Å². The molecular formula is C23H24N6O2. The molecule has 0 amide bonds. The maximum Gasteiger partial charge on any atom is 0.329 e. The van der Waals surface area contributed by atoms with Crippen LogP contribution in [0.2, 0.25) is 0 Å². The van der Waals surface area contributed by atoms with E-state index in [-0.39, 0.29) is 0 Å². The molecule has 158 valence electrons. The predicted octanol–water partition coefficient (Wildman–Crippen LogP) is 2.84. The number of aromatic nitrogens is 4. The molecule has 4 aromatic rings. The number of rotatable bonds is 5. The number of hydrogen-bond acceptors (Lipinski definition) is 5. The van der Waals surface area contributed by atoms with Crippen molar-refractivity contribution < 1.29 is 0 Å². The fourth-order valence-corrected chi connectivity index (χ4v) is 3.43. The molecule has 8 nitrogen and oxygen atoms in total. The number of anilines is 1. The Morgan fingerprint density at radius 1 is 1.06 bits per heavy atom. The summed E-state index contributed by atoms with van der Waals surface area (Å²) in [6.07, 6.45) is 1.68. The van der Waals surface area contributed by atoms with Crippen molar-refractivity contribution in [2.75, 3.05) is 5.43 Å². The second kappa shape index (κ2) is 8.06. The van der Waals surface area contributed by atoms with E-state index < -0.39 is 11.2 Å². The molecule has 0 spiro atoms. The van der Waals surface area contributed by atoms with Crippen LogP contribution < -0.4 is 16.7 Å². The molecular weight excluding hydrogens is 392 g/mol. The molecule has 0 saturated heterocycles. The number of aryl methyl sites for hydroxylation is 4. The summed E-state index contributed by atoms with van der Waals surface area (Å²) < 4.78 is 3.08. The van der Waals surface area contributed by atoms with Gasteiger partial charge in [0.05, 0.1) is 12.8 Å². The Balaban J connectivity index is 1.80. The number of aromatic amines is 1. The molecule has 31 heavy (non-hydrogen) atoms. The Kier molecular flexibility index (Phi) is 5.29. The summed E-state index contributed by atoms with van der Waals surface area (Å²) in [4.78, 5) is 31.6. The van der Waals surface area contributed by atoms with Crippen molar-refractivity contribution in [1.82, 2.24) is 19.1 Å². The third-order valence-electron chi connectivity index (χ3n) is 5.30. The van der Waals surface area contributed by atoms with Crippen LogP contribution >= 0.6 is 0 Å². The highest BCUT2D eigenvalue weighted by Crippen LogP contribution is 2.20. The molecule has 8 heteroatoms. The molecule has 2 heterocycles. The summed E-state index contributed by atoms with van der Waals surface area (Å²) in [5.74, 6) is 0.381. The van der Waals surface area contributed by atoms with E-state index in [0.29, 0.717) is 23.7 Å². The Hall–Kier alpha value is -3.94. The molecule has 4 rings (SSSR count). The van der Waals surface area contributed by atoms with Gasteiger partial charge in [0.2, 0.25) is 5.95 Å². The molecule has 2 aromatic carbocycles. The smallest absolute Gasteiger partial charge is 0.298 e. The summed E-state index contributed by atoms with van der Waals surface area (Å²) in [7, 11) is 1.58. The van der Waals surface area contributed by atoms with Gasteiger partial charge in [-0.3, -0.25) is 18.9 Å². The number of nitrogens with one attached hydrogen (secondary N) is 2. The van der Waals surface area contributed by atoms with Gasteiger partial charge in [0, 0.05) is 7.05 Å². The van der Waals surface area contributed by atoms with Crippen molar-refractivity contribution in [3.05, 3.63) is 91.1 Å². The highest BCUT2D eigenvalue weighted by Gasteiger charge is 2.18. The van der Waals surface area contributed by atoms with E-state index in [1.165, 1.54) is 10.1 Å². The first-order valence-electron chi connectivity index (χ1n) is 9.95. The third kappa shape index (κ3) is 4.05. The van der Waals surface area contributed by atoms with E-state index in [9.17, 15) is 9.59 Å². The van der Waals surface area contributed by atoms with E-state index in [4.69, 9.17) is 0 Å². The van der Waals surface area contributed by atoms with Gasteiger partial charge in [-0.15, -0.1) is 0 Å². The third-order valence-corrected chi connectivity index (χ3v) is 5.30. The van der Waals surface area contributed by atoms with Crippen molar-refractivity contribution in [1.29, 1.82) is 0 Å². The standard InChI is InChI=1S/C23H24N6O2/c1-14-6-9-17(10-7-14)12-24-27-22-25-20-19(21(30)26-23(31)28(20)4)29(22)13-18-11-15(2)5-8-16(18)3/h5-12H,13H2,1-4H3,(H,25,27)(H,26,30,31)/b24-12-. The minimum atomic E-state index is -0.511. The number of fused-ring (bicyclic) bond motifs is 1. The molecule has 0 radical (unpaired) electrons. The lowest BCUT2D eigenvalue weighted by Crippen LogP contribution is -2.29. The zero-order valence-electron chi connectivity index (χ0n) is 17.9. The molecule has 2 aromatic heterocycles. The number of benzene rings is 2. The number of hydrazone groups is 1. The predicted molar refractivity (Wildman–Crippen MR) is 123 cm³/mol. The van der Waals surface area contributed by atoms with Gasteiger partial charge in [0.25, 0.3) is 5.56 Å². The van der Waals surface area contributed by atoms with Crippen molar-refractivity contribution in [3.8, 4) is 0 Å². The summed E-state index contributed by atoms with van der Waals surface area (Å²) in [6.45, 7) is 6.48. The molecule has 0 unspecified atom stereocenters. The Bertz CT molecular complexity index is 1410. The summed E-state index contributed by atoms with van der Waals surface area (Å²) >= 11 is 0. The van der Waals surface area contributed by atoms with Gasteiger partial charge in [-0.25, -0.2) is 10.2 Å². The molecule has 0 aliphatic rings. The van der Waals surface area contributed by atoms with Gasteiger partial charge in [-0.2, -0.15) is 10.1 Å². The van der Waals surface area contributed by atoms with E-state index in [0.717, 1.165) is 22.3 Å². The summed E-state index contributed by atoms with van der Waals surface area (Å²) in [6, 6.07) is 14.1. The fraction of sp³-hybridized carbons (Fsp3) is 0.217. The Morgan fingerprint density at radius 2 is 1.77 bits per heavy atom. The van der Waals surface area contributed by atoms with E-state index in [1.54, 1.807) is 17.8 Å². The minimum absolute atomic E-state index is 0.298. The van der Waals surface area contributed by atoms with Crippen LogP contribution in [0.3, 0.4) is 0 Å². The molecule has 0 saturated carbocycles. The van der Waals surface area contributed by atoms with Gasteiger partial charge < -0.3 is 0 Å². The largest absolute Gasteiger partial charge is 0.329 e. The first kappa shape index (κ1) is 20.3. The van der Waals surface area contributed by atoms with Crippen LogP contribution in [0, 0.1) is 20.8 Å². The highest BCUT2D eigenvalue weighted by molar-refractivity contribution is 5.80. The lowest BCUT2D eigenvalue weighted by Gasteiger charge is -2.11. The van der Waals surface area contributed by atoms with Crippen LogP contribution in [0.4, 0.5) is 5.95 Å². The van der Waals surface area contributed by atoms with Gasteiger partial charge in [-0.1, -0.05) is 53.6 Å². The maximum absolute atomic E-state index is 12.7. The van der Waals surface area contributed by atoms with Crippen molar-refractivity contribution >= 4 is 23.3 Å². The topological polar surface area (TPSA) is 97.1 Å². The first-order valence-corrected chi connectivity index (χ1v) is 9.95. The van der Waals surface area contributed by atoms with E-state index in [2.05, 4.69) is 26.6 Å². The average molecular weight is 416 g/mol. The molecule has 0 atom stereocenters. The Labute approximate surface area is 178 Å². The molecule has 0 bridgehead atoms. The highest BCUT2D eigenvalue weighted by atomic mass is 16.2. The second-order valence-electron chi connectivity index (χ2n) is 7.72. The maximum atomic E-state index is 12.7. The molecule has 0 aliphatic carbocycles. The molecule has 0 aliphatic heterocycles. The lowest BCUT2D eigenvalue weighted by molar-refractivity contribution is 0.804. The second-order valence-corrected chi connectivity index (χ2v) is 7.72. The van der Waals surface area contributed by atoms with Crippen molar-refractivity contribution in [2.45, 2.75) is 27.3 Å². The van der Waals surface area contributed by atoms with Crippen LogP contribution in [0.25, 0.3) is 11.2 Å². The van der Waals surface area contributed by atoms with Crippen LogP contribution in [-0.4, -0.2) is 25.3 Å².